The van der Waals surface area contributed by atoms with E-state index in [1.807, 2.05) is 30.1 Å². The van der Waals surface area contributed by atoms with Gasteiger partial charge >= 0.3 is 0 Å². The maximum absolute atomic E-state index is 13.6. The molecule has 12 heteroatoms. The molecule has 222 valence electrons. The molecule has 1 amide bonds. The van der Waals surface area contributed by atoms with Gasteiger partial charge in [-0.1, -0.05) is 19.8 Å². The van der Waals surface area contributed by atoms with Crippen LogP contribution in [0.1, 0.15) is 43.8 Å². The van der Waals surface area contributed by atoms with Crippen molar-refractivity contribution < 1.29 is 19.1 Å². The Balaban J connectivity index is 1.31. The number of hydrogen-bond donors (Lipinski definition) is 4. The molecule has 4 aliphatic rings. The number of ether oxygens (including phenoxy) is 2. The number of carbonyl (C=O) groups excluding carboxylic acids is 2. The number of likely N-dealkylation sites (N-methyl/N-ethyl adjacent to an activating group) is 1. The van der Waals surface area contributed by atoms with Gasteiger partial charge < -0.3 is 29.9 Å². The van der Waals surface area contributed by atoms with Gasteiger partial charge in [0, 0.05) is 50.3 Å². The minimum Gasteiger partial charge on any atom is -0.495 e. The summed E-state index contributed by atoms with van der Waals surface area (Å²) in [5, 5.41) is 10.6. The van der Waals surface area contributed by atoms with Crippen LogP contribution in [0.5, 0.6) is 5.75 Å². The smallest absolute Gasteiger partial charge is 0.275 e. The number of amides is 1. The van der Waals surface area contributed by atoms with E-state index < -0.39 is 5.91 Å². The number of benzene rings is 1. The van der Waals surface area contributed by atoms with Crippen LogP contribution >= 0.6 is 0 Å². The van der Waals surface area contributed by atoms with E-state index in [4.69, 9.17) is 15.2 Å². The van der Waals surface area contributed by atoms with Crippen molar-refractivity contribution in [2.75, 3.05) is 58.9 Å². The van der Waals surface area contributed by atoms with Crippen molar-refractivity contribution in [3.05, 3.63) is 35.9 Å². The van der Waals surface area contributed by atoms with Gasteiger partial charge in [-0.05, 0) is 37.5 Å². The molecular weight excluding hydrogens is 524 g/mol. The van der Waals surface area contributed by atoms with Crippen molar-refractivity contribution in [3.8, 4) is 5.75 Å². The van der Waals surface area contributed by atoms with E-state index in [9.17, 15) is 9.59 Å². The molecule has 2 atom stereocenters. The Bertz CT molecular complexity index is 1350. The SMILES string of the molecule is CCC1CN(C)C2=C(N[C@@](N)(Nc3cc4c(ccn4C(=O)CN4CCOCC4)cc3OC)NC2=O)N1C1CCCC1. The standard InChI is InChI=1S/C29H42N8O4/c1-4-20-17-34(2)26-27(37(20)21-7-5-6-8-21)32-29(30,33-28(26)39)31-22-16-23-19(15-24(22)40-3)9-10-36(23)25(38)18-35-11-13-41-14-12-35/h9-10,15-16,20-21,31-32H,4-8,11-14,17-18,30H2,1-3H3,(H,33,39)/t20?,29-/m1/s1. The molecule has 0 bridgehead atoms. The molecule has 1 unspecified atom stereocenters. The van der Waals surface area contributed by atoms with Gasteiger partial charge in [-0.25, -0.2) is 0 Å². The zero-order valence-corrected chi connectivity index (χ0v) is 24.2. The molecule has 1 aromatic heterocycles. The topological polar surface area (TPSA) is 129 Å². The van der Waals surface area contributed by atoms with Crippen molar-refractivity contribution in [1.29, 1.82) is 0 Å². The predicted octanol–water partition coefficient (Wildman–Crippen LogP) is 1.46. The molecule has 1 aliphatic carbocycles. The fourth-order valence-electron chi connectivity index (χ4n) is 6.78. The fraction of sp³-hybridized carbons (Fsp3) is 0.586. The number of aromatic nitrogens is 1. The first-order valence-corrected chi connectivity index (χ1v) is 14.7. The first-order valence-electron chi connectivity index (χ1n) is 14.7. The Morgan fingerprint density at radius 1 is 1.22 bits per heavy atom. The summed E-state index contributed by atoms with van der Waals surface area (Å²) in [6.45, 7) is 6.01. The number of anilines is 1. The van der Waals surface area contributed by atoms with Crippen LogP contribution in [0, 0.1) is 0 Å². The van der Waals surface area contributed by atoms with E-state index in [2.05, 4.69) is 32.7 Å². The monoisotopic (exact) mass is 566 g/mol. The molecule has 2 aromatic rings. The maximum Gasteiger partial charge on any atom is 0.275 e. The Kier molecular flexibility index (Phi) is 7.47. The van der Waals surface area contributed by atoms with Gasteiger partial charge in [0.1, 0.15) is 17.3 Å². The van der Waals surface area contributed by atoms with Crippen LogP contribution in [-0.2, 0) is 9.53 Å². The van der Waals surface area contributed by atoms with Crippen molar-refractivity contribution in [2.24, 2.45) is 5.73 Å². The third-order valence-electron chi connectivity index (χ3n) is 8.85. The van der Waals surface area contributed by atoms with Gasteiger partial charge in [0.15, 0.2) is 0 Å². The van der Waals surface area contributed by atoms with E-state index >= 15 is 0 Å². The van der Waals surface area contributed by atoms with E-state index in [-0.39, 0.29) is 17.9 Å². The summed E-state index contributed by atoms with van der Waals surface area (Å²) in [7, 11) is 3.55. The molecular formula is C29H42N8O4. The Morgan fingerprint density at radius 2 is 1.98 bits per heavy atom. The Morgan fingerprint density at radius 3 is 2.68 bits per heavy atom. The molecule has 1 aromatic carbocycles. The van der Waals surface area contributed by atoms with Crippen molar-refractivity contribution >= 4 is 28.4 Å². The second kappa shape index (κ2) is 11.1. The van der Waals surface area contributed by atoms with Crippen LogP contribution in [0.2, 0.25) is 0 Å². The first-order chi connectivity index (χ1) is 19.8. The Labute approximate surface area is 240 Å². The van der Waals surface area contributed by atoms with E-state index in [0.717, 1.165) is 55.6 Å². The van der Waals surface area contributed by atoms with Gasteiger partial charge in [0.25, 0.3) is 5.91 Å². The number of nitrogens with one attached hydrogen (secondary N) is 3. The second-order valence-electron chi connectivity index (χ2n) is 11.6. The molecule has 1 saturated carbocycles. The number of hydrogen-bond acceptors (Lipinski definition) is 10. The van der Waals surface area contributed by atoms with Crippen molar-refractivity contribution in [1.82, 2.24) is 29.9 Å². The van der Waals surface area contributed by atoms with E-state index in [1.165, 1.54) is 12.8 Å². The zero-order chi connectivity index (χ0) is 28.7. The highest BCUT2D eigenvalue weighted by atomic mass is 16.5. The largest absolute Gasteiger partial charge is 0.495 e. The second-order valence-corrected chi connectivity index (χ2v) is 11.6. The number of carbonyl (C=O) groups is 2. The minimum absolute atomic E-state index is 0.0255. The lowest BCUT2D eigenvalue weighted by molar-refractivity contribution is -0.123. The summed E-state index contributed by atoms with van der Waals surface area (Å²) in [6.07, 6.45) is 7.34. The highest BCUT2D eigenvalue weighted by Crippen LogP contribution is 2.36. The van der Waals surface area contributed by atoms with Crippen molar-refractivity contribution in [3.63, 3.8) is 0 Å². The van der Waals surface area contributed by atoms with Crippen LogP contribution in [0.4, 0.5) is 5.69 Å². The van der Waals surface area contributed by atoms with Gasteiger partial charge in [-0.15, -0.1) is 0 Å². The van der Waals surface area contributed by atoms with Crippen LogP contribution in [0.25, 0.3) is 10.9 Å². The molecule has 41 heavy (non-hydrogen) atoms. The summed E-state index contributed by atoms with van der Waals surface area (Å²) in [5.74, 6) is -0.434. The van der Waals surface area contributed by atoms with Gasteiger partial charge in [0.05, 0.1) is 38.1 Å². The average molecular weight is 567 g/mol. The van der Waals surface area contributed by atoms with Gasteiger partial charge in [-0.3, -0.25) is 30.1 Å². The van der Waals surface area contributed by atoms with Crippen LogP contribution in [-0.4, -0.2) is 103 Å². The number of nitrogens with zero attached hydrogens (tertiary/aromatic N) is 4. The van der Waals surface area contributed by atoms with Crippen molar-refractivity contribution in [2.45, 2.75) is 57.0 Å². The normalized spacial score (nSPS) is 25.8. The summed E-state index contributed by atoms with van der Waals surface area (Å²) >= 11 is 0. The zero-order valence-electron chi connectivity index (χ0n) is 24.2. The molecule has 5 N–H and O–H groups in total. The summed E-state index contributed by atoms with van der Waals surface area (Å²) in [6, 6.07) is 6.27. The quantitative estimate of drug-likeness (QED) is 0.366. The molecule has 12 nitrogen and oxygen atoms in total. The molecule has 0 radical (unpaired) electrons. The maximum atomic E-state index is 13.6. The lowest BCUT2D eigenvalue weighted by atomic mass is 10.0. The summed E-state index contributed by atoms with van der Waals surface area (Å²) < 4.78 is 12.8. The van der Waals surface area contributed by atoms with E-state index in [1.54, 1.807) is 17.9 Å². The average Bonchev–Trinajstić information content (AvgIpc) is 3.62. The lowest BCUT2D eigenvalue weighted by Gasteiger charge is -2.52. The third kappa shape index (κ3) is 5.20. The number of nitrogens with two attached hydrogens (primary N) is 1. The molecule has 1 saturated heterocycles. The third-order valence-corrected chi connectivity index (χ3v) is 8.85. The summed E-state index contributed by atoms with van der Waals surface area (Å²) in [5.41, 5.74) is 8.76. The molecule has 0 spiro atoms. The first kappa shape index (κ1) is 27.7. The van der Waals surface area contributed by atoms with E-state index in [0.29, 0.717) is 42.9 Å². The van der Waals surface area contributed by atoms with Gasteiger partial charge in [-0.2, -0.15) is 0 Å². The number of rotatable bonds is 7. The predicted molar refractivity (Wildman–Crippen MR) is 156 cm³/mol. The molecule has 6 rings (SSSR count). The molecule has 3 aliphatic heterocycles. The number of methoxy groups -OCH3 is 1. The van der Waals surface area contributed by atoms with Crippen LogP contribution < -0.4 is 26.4 Å². The number of morpholine rings is 1. The highest BCUT2D eigenvalue weighted by molar-refractivity contribution is 5.97. The Hall–Kier alpha value is -3.48. The highest BCUT2D eigenvalue weighted by Gasteiger charge is 2.46. The fourth-order valence-corrected chi connectivity index (χ4v) is 6.78. The minimum atomic E-state index is -1.49. The van der Waals surface area contributed by atoms with Crippen LogP contribution in [0.15, 0.2) is 35.9 Å². The molecule has 4 heterocycles. The van der Waals surface area contributed by atoms with Gasteiger partial charge in [0.2, 0.25) is 11.8 Å². The summed E-state index contributed by atoms with van der Waals surface area (Å²) in [4.78, 5) is 33.4. The molecule has 2 fully saturated rings. The lowest BCUT2D eigenvalue weighted by Crippen LogP contribution is -2.76. The number of fused-ring (bicyclic) bond motifs is 1. The van der Waals surface area contributed by atoms with Crippen LogP contribution in [0.3, 0.4) is 0 Å².